The van der Waals surface area contributed by atoms with Gasteiger partial charge in [-0.1, -0.05) is 122 Å². The van der Waals surface area contributed by atoms with Crippen molar-refractivity contribution >= 4 is 71.0 Å². The number of carbonyl (C=O) groups is 10. The van der Waals surface area contributed by atoms with Gasteiger partial charge in [0.2, 0.25) is 35.4 Å². The van der Waals surface area contributed by atoms with Gasteiger partial charge in [-0.05, 0) is 125 Å². The fraction of sp³-hybridized carbons (Fsp3) is 0.583. The van der Waals surface area contributed by atoms with Crippen LogP contribution in [0.2, 0.25) is 0 Å². The molecular formula is C72H109N11O15. The van der Waals surface area contributed by atoms with Crippen LogP contribution in [0.15, 0.2) is 91.0 Å². The van der Waals surface area contributed by atoms with Gasteiger partial charge in [0.1, 0.15) is 36.4 Å². The summed E-state index contributed by atoms with van der Waals surface area (Å²) >= 11 is 0. The summed E-state index contributed by atoms with van der Waals surface area (Å²) in [4.78, 5) is 140. The van der Waals surface area contributed by atoms with Crippen molar-refractivity contribution in [1.82, 2.24) is 41.3 Å². The van der Waals surface area contributed by atoms with Crippen LogP contribution in [-0.2, 0) is 76.7 Å². The Morgan fingerprint density at radius 3 is 1.83 bits per heavy atom. The average molecular weight is 1370 g/mol. The quantitative estimate of drug-likeness (QED) is 0.0122. The van der Waals surface area contributed by atoms with Crippen LogP contribution in [0.4, 0.5) is 25.8 Å². The number of benzene rings is 3. The van der Waals surface area contributed by atoms with E-state index < -0.39 is 108 Å². The molecule has 0 bridgehead atoms. The molecule has 9 N–H and O–H groups in total. The number of nitrogens with zero attached hydrogens (tertiary/aromatic N) is 3. The van der Waals surface area contributed by atoms with Gasteiger partial charge in [-0.2, -0.15) is 0 Å². The summed E-state index contributed by atoms with van der Waals surface area (Å²) in [5, 5.41) is 19.2. The number of ether oxygens (including phenoxy) is 5. The summed E-state index contributed by atoms with van der Waals surface area (Å²) in [6.45, 7) is 25.0. The van der Waals surface area contributed by atoms with Crippen molar-refractivity contribution in [3.8, 4) is 0 Å². The van der Waals surface area contributed by atoms with Gasteiger partial charge in [0.15, 0.2) is 0 Å². The number of esters is 1. The van der Waals surface area contributed by atoms with E-state index in [1.165, 1.54) is 26.2 Å². The van der Waals surface area contributed by atoms with E-state index in [2.05, 4.69) is 43.8 Å². The first-order valence-electron chi connectivity index (χ1n) is 33.7. The topological polar surface area (TPSA) is 337 Å². The zero-order valence-electron chi connectivity index (χ0n) is 60.2. The second kappa shape index (κ2) is 39.7. The van der Waals surface area contributed by atoms with Crippen LogP contribution in [0, 0.1) is 23.7 Å². The average Bonchev–Trinajstić information content (AvgIpc) is 1.47. The van der Waals surface area contributed by atoms with Crippen LogP contribution >= 0.6 is 0 Å². The predicted molar refractivity (Wildman–Crippen MR) is 374 cm³/mol. The van der Waals surface area contributed by atoms with E-state index in [4.69, 9.17) is 29.4 Å². The standard InChI is InChI=1S/C72H109N11O15/c1-18-46(8)61(56(94-15)41-57(84)83-38-23-27-55(83)62(95-16)47(9)63(85)78-54(68(90)96-17)40-49-24-20-19-21-25-49)82(14)67(89)59(44(4)5)79-66(88)60(45(6)7)81(13)39-36-48-28-32-52(33-29-48)76-70(92)97-42-50-30-34-51(35-31-50)75-64(86)53(26-22-37-74-69(73)91)77-65(87)58(43(2)3)80-71(93)98-72(10,11)12/h19-21,24-25,28-35,43-45,47,53-56,58-62H,8,18,22-23,26-27,36-42H2,1-7,9-17H3,(H,75,86)(H,76,92)(H,77,87)(H,78,85)(H,79,88)(H,80,93)(H3,73,74,91)/t47-,53+,54+,55+,56-,58+,59+,60+,61+,62-/m1/s1. The minimum atomic E-state index is -1.07. The first kappa shape index (κ1) is 81.8. The number of methoxy groups -OCH3 is 3. The van der Waals surface area contributed by atoms with Crippen molar-refractivity contribution in [3.63, 3.8) is 0 Å². The van der Waals surface area contributed by atoms with Gasteiger partial charge < -0.3 is 71.1 Å². The molecule has 10 amide bonds. The maximum atomic E-state index is 14.8. The number of alkyl carbamates (subject to hydrolysis) is 1. The van der Waals surface area contributed by atoms with Gasteiger partial charge in [-0.25, -0.2) is 19.2 Å². The number of hydrogen-bond acceptors (Lipinski definition) is 16. The molecule has 10 atom stereocenters. The first-order chi connectivity index (χ1) is 46.2. The Balaban J connectivity index is 1.34. The minimum absolute atomic E-state index is 0.0987. The monoisotopic (exact) mass is 1370 g/mol. The molecule has 1 aliphatic heterocycles. The Labute approximate surface area is 578 Å². The molecule has 3 aromatic rings. The molecule has 0 radical (unpaired) electrons. The Kier molecular flexibility index (Phi) is 33.1. The highest BCUT2D eigenvalue weighted by Gasteiger charge is 2.44. The summed E-state index contributed by atoms with van der Waals surface area (Å²) in [5.41, 5.74) is 8.31. The van der Waals surface area contributed by atoms with Crippen molar-refractivity contribution in [2.24, 2.45) is 29.4 Å². The summed E-state index contributed by atoms with van der Waals surface area (Å²) in [6, 6.07) is 16.5. The summed E-state index contributed by atoms with van der Waals surface area (Å²) in [6.07, 6.45) is -0.310. The van der Waals surface area contributed by atoms with E-state index in [1.54, 1.807) is 89.9 Å². The Hall–Kier alpha value is -8.62. The van der Waals surface area contributed by atoms with E-state index in [1.807, 2.05) is 89.0 Å². The van der Waals surface area contributed by atoms with Crippen LogP contribution < -0.4 is 43.0 Å². The number of urea groups is 1. The zero-order chi connectivity index (χ0) is 73.1. The fourth-order valence-electron chi connectivity index (χ4n) is 11.9. The van der Waals surface area contributed by atoms with Crippen molar-refractivity contribution in [1.29, 1.82) is 0 Å². The zero-order valence-corrected chi connectivity index (χ0v) is 60.2. The third-order valence-corrected chi connectivity index (χ3v) is 17.3. The third-order valence-electron chi connectivity index (χ3n) is 17.3. The van der Waals surface area contributed by atoms with E-state index in [0.29, 0.717) is 67.7 Å². The first-order valence-corrected chi connectivity index (χ1v) is 33.7. The van der Waals surface area contributed by atoms with Gasteiger partial charge >= 0.3 is 24.2 Å². The van der Waals surface area contributed by atoms with E-state index in [9.17, 15) is 47.9 Å². The molecule has 0 spiro atoms. The van der Waals surface area contributed by atoms with Crippen LogP contribution in [0.1, 0.15) is 131 Å². The second-order valence-electron chi connectivity index (χ2n) is 27.0. The lowest BCUT2D eigenvalue weighted by Crippen LogP contribution is -2.59. The largest absolute Gasteiger partial charge is 0.467 e. The fourth-order valence-corrected chi connectivity index (χ4v) is 11.9. The minimum Gasteiger partial charge on any atom is -0.467 e. The maximum absolute atomic E-state index is 14.8. The van der Waals surface area contributed by atoms with Crippen LogP contribution in [0.5, 0.6) is 0 Å². The lowest BCUT2D eigenvalue weighted by Gasteiger charge is -2.39. The molecule has 4 rings (SSSR count). The Bertz CT molecular complexity index is 3120. The van der Waals surface area contributed by atoms with Gasteiger partial charge in [0.05, 0.1) is 49.8 Å². The van der Waals surface area contributed by atoms with Crippen molar-refractivity contribution < 1.29 is 71.6 Å². The molecular weight excluding hydrogens is 1260 g/mol. The molecule has 1 saturated heterocycles. The van der Waals surface area contributed by atoms with E-state index in [0.717, 1.165) is 11.1 Å². The van der Waals surface area contributed by atoms with Crippen molar-refractivity contribution in [2.75, 3.05) is 65.7 Å². The SMILES string of the molecule is C=C(CC)[C@@H]([C@@H](CC(=O)N1CCC[C@H]1[C@H](OC)[C@@H](C)C(=O)N[C@@H](Cc1ccccc1)C(=O)OC)OC)N(C)C(=O)[C@@H](NC(=O)[C@H](C(C)C)N(C)CCc1ccc(NC(=O)OCc2ccc(NC(=O)[C@H](CCCNC(N)=O)NC(=O)[C@@H](NC(=O)OC(C)(C)C)C(C)C)cc2)cc1)C(C)C. The van der Waals surface area contributed by atoms with Gasteiger partial charge in [-0.3, -0.25) is 39.0 Å². The molecule has 26 nitrogen and oxygen atoms in total. The second-order valence-corrected chi connectivity index (χ2v) is 27.0. The highest BCUT2D eigenvalue weighted by Crippen LogP contribution is 2.30. The summed E-state index contributed by atoms with van der Waals surface area (Å²) in [7, 11) is 7.75. The molecule has 1 aliphatic rings. The number of nitrogens with two attached hydrogens (primary N) is 1. The maximum Gasteiger partial charge on any atom is 0.411 e. The number of carbonyl (C=O) groups excluding carboxylic acids is 10. The lowest BCUT2D eigenvalue weighted by atomic mass is 9.92. The molecule has 0 saturated carbocycles. The number of rotatable bonds is 37. The van der Waals surface area contributed by atoms with Crippen LogP contribution in [0.3, 0.4) is 0 Å². The molecule has 542 valence electrons. The summed E-state index contributed by atoms with van der Waals surface area (Å²) < 4.78 is 27.9. The van der Waals surface area contributed by atoms with Crippen LogP contribution in [0.25, 0.3) is 0 Å². The van der Waals surface area contributed by atoms with Crippen molar-refractivity contribution in [3.05, 3.63) is 108 Å². The Morgan fingerprint density at radius 1 is 0.673 bits per heavy atom. The number of amides is 10. The predicted octanol–water partition coefficient (Wildman–Crippen LogP) is 7.24. The van der Waals surface area contributed by atoms with Gasteiger partial charge in [0, 0.05) is 58.7 Å². The number of nitrogens with one attached hydrogen (secondary N) is 7. The van der Waals surface area contributed by atoms with Gasteiger partial charge in [0.25, 0.3) is 0 Å². The molecule has 0 unspecified atom stereocenters. The molecule has 98 heavy (non-hydrogen) atoms. The number of anilines is 2. The van der Waals surface area contributed by atoms with E-state index in [-0.39, 0.29) is 67.9 Å². The third kappa shape index (κ3) is 25.7. The number of likely N-dealkylation sites (N-methyl/N-ethyl adjacent to an activating group) is 2. The lowest BCUT2D eigenvalue weighted by molar-refractivity contribution is -0.147. The molecule has 1 fully saturated rings. The highest BCUT2D eigenvalue weighted by molar-refractivity contribution is 5.98. The van der Waals surface area contributed by atoms with Crippen molar-refractivity contribution in [2.45, 2.75) is 194 Å². The van der Waals surface area contributed by atoms with Gasteiger partial charge in [-0.15, -0.1) is 0 Å². The normalized spacial score (nSPS) is 15.8. The molecule has 26 heteroatoms. The number of likely N-dealkylation sites (tertiary alicyclic amines) is 1. The number of primary amides is 1. The van der Waals surface area contributed by atoms with Crippen LogP contribution in [-0.4, -0.2) is 189 Å². The smallest absolute Gasteiger partial charge is 0.411 e. The molecule has 3 aromatic carbocycles. The highest BCUT2D eigenvalue weighted by atomic mass is 16.6. The molecule has 0 aromatic heterocycles. The number of hydrogen-bond donors (Lipinski definition) is 8. The Morgan fingerprint density at radius 2 is 1.28 bits per heavy atom. The summed E-state index contributed by atoms with van der Waals surface area (Å²) in [5.74, 6) is -4.77. The molecule has 1 heterocycles. The van der Waals surface area contributed by atoms with E-state index >= 15 is 0 Å². The molecule has 0 aliphatic carbocycles.